The smallest absolute Gasteiger partial charge is 0.174 e. The summed E-state index contributed by atoms with van der Waals surface area (Å²) in [5.41, 5.74) is 0.765. The first kappa shape index (κ1) is 26.3. The first-order valence-corrected chi connectivity index (χ1v) is 13.6. The van der Waals surface area contributed by atoms with Crippen LogP contribution in [0.1, 0.15) is 40.7 Å². The molecule has 1 aliphatic heterocycles. The van der Waals surface area contributed by atoms with Crippen LogP contribution >= 0.6 is 0 Å². The quantitative estimate of drug-likeness (QED) is 0.130. The van der Waals surface area contributed by atoms with Gasteiger partial charge in [0.15, 0.2) is 5.78 Å². The van der Waals surface area contributed by atoms with Crippen molar-refractivity contribution >= 4 is 22.3 Å². The average molecular weight is 579 g/mol. The maximum absolute atomic E-state index is 14.3. The predicted octanol–water partition coefficient (Wildman–Crippen LogP) is 6.55. The molecule has 2 bridgehead atoms. The molecule has 3 atom stereocenters. The lowest BCUT2D eigenvalue weighted by atomic mass is 9.64. The van der Waals surface area contributed by atoms with Crippen molar-refractivity contribution in [1.82, 2.24) is 0 Å². The summed E-state index contributed by atoms with van der Waals surface area (Å²) in [6.45, 7) is 1.82. The molecule has 43 heavy (non-hydrogen) atoms. The van der Waals surface area contributed by atoms with Crippen LogP contribution in [0.15, 0.2) is 83.3 Å². The molecule has 9 heteroatoms. The number of rotatable bonds is 4. The van der Waals surface area contributed by atoms with Crippen LogP contribution in [-0.2, 0) is 0 Å². The zero-order chi connectivity index (χ0) is 30.2. The number of hydrogen-bond acceptors (Lipinski definition) is 9. The van der Waals surface area contributed by atoms with E-state index in [9.17, 15) is 35.4 Å². The van der Waals surface area contributed by atoms with Crippen LogP contribution in [0.3, 0.4) is 0 Å². The van der Waals surface area contributed by atoms with Gasteiger partial charge in [0.1, 0.15) is 57.2 Å². The van der Waals surface area contributed by atoms with E-state index in [0.717, 1.165) is 6.07 Å². The molecule has 7 rings (SSSR count). The van der Waals surface area contributed by atoms with Crippen LogP contribution in [0.2, 0.25) is 0 Å². The highest BCUT2D eigenvalue weighted by Gasteiger charge is 2.49. The Morgan fingerprint density at radius 2 is 1.47 bits per heavy atom. The largest absolute Gasteiger partial charge is 0.508 e. The van der Waals surface area contributed by atoms with Gasteiger partial charge in [-0.15, -0.1) is 0 Å². The van der Waals surface area contributed by atoms with Gasteiger partial charge < -0.3 is 39.8 Å². The number of phenolic OH excluding ortho intramolecular Hbond substituents is 6. The number of hydrogen-bond donors (Lipinski definition) is 6. The van der Waals surface area contributed by atoms with E-state index in [-0.39, 0.29) is 39.9 Å². The summed E-state index contributed by atoms with van der Waals surface area (Å²) in [5.74, 6) is -2.46. The Hall–Kier alpha value is -5.57. The number of carbonyl (C=O) groups is 1. The molecule has 0 spiro atoms. The molecule has 2 heterocycles. The first-order valence-electron chi connectivity index (χ1n) is 13.6. The number of phenols is 6. The van der Waals surface area contributed by atoms with E-state index in [1.165, 1.54) is 48.5 Å². The number of Topliss-reactive ketones (excluding diaryl/α,β-unsaturated/α-hetero) is 1. The van der Waals surface area contributed by atoms with Crippen molar-refractivity contribution in [3.8, 4) is 51.6 Å². The number of fused-ring (bicyclic) bond motifs is 5. The molecular formula is C34H26O9. The van der Waals surface area contributed by atoms with E-state index in [0.29, 0.717) is 45.6 Å². The summed E-state index contributed by atoms with van der Waals surface area (Å²) in [5, 5.41) is 63.9. The Morgan fingerprint density at radius 1 is 0.791 bits per heavy atom. The highest BCUT2D eigenvalue weighted by atomic mass is 16.5. The van der Waals surface area contributed by atoms with Gasteiger partial charge >= 0.3 is 0 Å². The Balaban J connectivity index is 1.40. The van der Waals surface area contributed by atoms with Crippen molar-refractivity contribution in [3.63, 3.8) is 0 Å². The maximum Gasteiger partial charge on any atom is 0.174 e. The fraction of sp³-hybridized carbons (Fsp3) is 0.147. The van der Waals surface area contributed by atoms with Crippen molar-refractivity contribution in [2.24, 2.45) is 5.92 Å². The Labute approximate surface area is 244 Å². The summed E-state index contributed by atoms with van der Waals surface area (Å²) in [4.78, 5) is 14.3. The van der Waals surface area contributed by atoms with Crippen molar-refractivity contribution in [2.45, 2.75) is 24.9 Å². The number of benzene rings is 4. The molecule has 3 unspecified atom stereocenters. The Bertz CT molecular complexity index is 1980. The van der Waals surface area contributed by atoms with E-state index in [1.807, 2.05) is 6.92 Å². The molecular weight excluding hydrogens is 552 g/mol. The SMILES string of the molecule is CC12C=C(c3c(O)cc(-c4cc5ccc(O)cc5o4)cc3O)C(C(=O)c3ccc(O)cc3O)C(C1)c1ccc(O)cc1O2. The molecule has 1 aliphatic carbocycles. The van der Waals surface area contributed by atoms with E-state index >= 15 is 0 Å². The second-order valence-corrected chi connectivity index (χ2v) is 11.3. The van der Waals surface area contributed by atoms with Gasteiger partial charge in [-0.3, -0.25) is 4.79 Å². The summed E-state index contributed by atoms with van der Waals surface area (Å²) in [6.07, 6.45) is 2.06. The zero-order valence-electron chi connectivity index (χ0n) is 22.8. The summed E-state index contributed by atoms with van der Waals surface area (Å²) in [7, 11) is 0. The van der Waals surface area contributed by atoms with Crippen LogP contribution in [0.25, 0.3) is 27.9 Å². The van der Waals surface area contributed by atoms with E-state index < -0.39 is 29.0 Å². The molecule has 4 aromatic carbocycles. The number of ketones is 1. The lowest BCUT2D eigenvalue weighted by Gasteiger charge is -2.46. The molecule has 6 N–H and O–H groups in total. The number of furan rings is 1. The van der Waals surface area contributed by atoms with E-state index in [1.54, 1.807) is 24.3 Å². The van der Waals surface area contributed by atoms with Crippen LogP contribution in [0.4, 0.5) is 0 Å². The van der Waals surface area contributed by atoms with Crippen LogP contribution < -0.4 is 4.74 Å². The first-order chi connectivity index (χ1) is 20.5. The summed E-state index contributed by atoms with van der Waals surface area (Å²) in [6, 6.07) is 17.6. The van der Waals surface area contributed by atoms with Crippen molar-refractivity contribution in [2.75, 3.05) is 0 Å². The number of allylic oxidation sites excluding steroid dienone is 1. The van der Waals surface area contributed by atoms with Gasteiger partial charge in [-0.2, -0.15) is 0 Å². The minimum Gasteiger partial charge on any atom is -0.508 e. The van der Waals surface area contributed by atoms with E-state index in [2.05, 4.69) is 0 Å². The van der Waals surface area contributed by atoms with Crippen LogP contribution in [0.5, 0.6) is 40.2 Å². The normalized spacial score (nSPS) is 20.7. The maximum atomic E-state index is 14.3. The third-order valence-corrected chi connectivity index (χ3v) is 8.27. The van der Waals surface area contributed by atoms with Crippen LogP contribution in [0, 0.1) is 5.92 Å². The van der Waals surface area contributed by atoms with E-state index in [4.69, 9.17) is 9.15 Å². The third kappa shape index (κ3) is 4.28. The monoisotopic (exact) mass is 578 g/mol. The minimum absolute atomic E-state index is 0.00254. The van der Waals surface area contributed by atoms with Crippen molar-refractivity contribution < 1.29 is 44.6 Å². The lowest BCUT2D eigenvalue weighted by Crippen LogP contribution is -2.44. The molecule has 0 radical (unpaired) electrons. The highest BCUT2D eigenvalue weighted by molar-refractivity contribution is 6.08. The second-order valence-electron chi connectivity index (χ2n) is 11.3. The minimum atomic E-state index is -0.993. The molecule has 1 aromatic heterocycles. The molecule has 5 aromatic rings. The Kier molecular flexibility index (Phi) is 5.65. The molecule has 0 saturated heterocycles. The second kappa shape index (κ2) is 9.22. The summed E-state index contributed by atoms with van der Waals surface area (Å²) < 4.78 is 12.1. The predicted molar refractivity (Wildman–Crippen MR) is 157 cm³/mol. The van der Waals surface area contributed by atoms with Gasteiger partial charge in [-0.1, -0.05) is 6.07 Å². The Morgan fingerprint density at radius 3 is 2.21 bits per heavy atom. The van der Waals surface area contributed by atoms with Crippen LogP contribution in [-0.4, -0.2) is 42.0 Å². The van der Waals surface area contributed by atoms with Gasteiger partial charge in [-0.05, 0) is 79.1 Å². The fourth-order valence-corrected chi connectivity index (χ4v) is 6.44. The molecule has 0 amide bonds. The number of aromatic hydroxyl groups is 6. The molecule has 9 nitrogen and oxygen atoms in total. The fourth-order valence-electron chi connectivity index (χ4n) is 6.44. The highest BCUT2D eigenvalue weighted by Crippen LogP contribution is 2.57. The molecule has 2 aliphatic rings. The third-order valence-electron chi connectivity index (χ3n) is 8.27. The standard InChI is InChI=1S/C34H26O9/c1-34-14-23(21-6-4-20(37)13-30(21)43-34)31(33(41)22-7-5-18(35)11-25(22)38)24(15-34)32-26(39)8-17(9-27(32)40)28-10-16-2-3-19(36)12-29(16)42-28/h2-13,15,23,31,35-40H,14H2,1H3. The number of carbonyl (C=O) groups excluding carboxylic acids is 1. The molecule has 0 fully saturated rings. The summed E-state index contributed by atoms with van der Waals surface area (Å²) >= 11 is 0. The average Bonchev–Trinajstić information content (AvgIpc) is 3.35. The van der Waals surface area contributed by atoms with Gasteiger partial charge in [0.2, 0.25) is 0 Å². The number of ether oxygens (including phenoxy) is 1. The van der Waals surface area contributed by atoms with Gasteiger partial charge in [0.05, 0.1) is 17.0 Å². The van der Waals surface area contributed by atoms with Gasteiger partial charge in [0.25, 0.3) is 0 Å². The topological polar surface area (TPSA) is 161 Å². The van der Waals surface area contributed by atoms with Crippen molar-refractivity contribution in [3.05, 3.63) is 95.6 Å². The lowest BCUT2D eigenvalue weighted by molar-refractivity contribution is 0.0729. The van der Waals surface area contributed by atoms with Crippen molar-refractivity contribution in [1.29, 1.82) is 0 Å². The van der Waals surface area contributed by atoms with Gasteiger partial charge in [-0.25, -0.2) is 0 Å². The zero-order valence-corrected chi connectivity index (χ0v) is 22.8. The van der Waals surface area contributed by atoms with Gasteiger partial charge in [0, 0.05) is 35.1 Å². The molecule has 0 saturated carbocycles. The molecule has 216 valence electrons.